The number of amides is 1. The molecule has 5 nitrogen and oxygen atoms in total. The minimum absolute atomic E-state index is 0.122. The molecule has 0 saturated heterocycles. The van der Waals surface area contributed by atoms with Gasteiger partial charge in [0.05, 0.1) is 4.90 Å². The fourth-order valence-electron chi connectivity index (χ4n) is 2.94. The molecular formula is C18H26N2O3S2. The number of hydrogen-bond acceptors (Lipinski definition) is 4. The second-order valence-electron chi connectivity index (χ2n) is 7.66. The van der Waals surface area contributed by atoms with Gasteiger partial charge in [-0.1, -0.05) is 20.8 Å². The Morgan fingerprint density at radius 3 is 2.68 bits per heavy atom. The van der Waals surface area contributed by atoms with Crippen molar-refractivity contribution < 1.29 is 13.2 Å². The van der Waals surface area contributed by atoms with E-state index in [2.05, 4.69) is 25.5 Å². The Labute approximate surface area is 154 Å². The number of anilines is 1. The summed E-state index contributed by atoms with van der Waals surface area (Å²) >= 11 is 1.73. The van der Waals surface area contributed by atoms with Crippen molar-refractivity contribution in [2.24, 2.45) is 5.92 Å². The molecule has 1 amide bonds. The molecule has 0 bridgehead atoms. The van der Waals surface area contributed by atoms with Crippen LogP contribution < -0.4 is 9.62 Å². The van der Waals surface area contributed by atoms with E-state index in [1.54, 1.807) is 30.0 Å². The Kier molecular flexibility index (Phi) is 5.19. The van der Waals surface area contributed by atoms with Gasteiger partial charge in [-0.05, 0) is 43.0 Å². The predicted octanol–water partition coefficient (Wildman–Crippen LogP) is 2.80. The average Bonchev–Trinajstić information content (AvgIpc) is 3.29. The summed E-state index contributed by atoms with van der Waals surface area (Å²) in [6.45, 7) is 7.40. The lowest BCUT2D eigenvalue weighted by Gasteiger charge is -2.18. The number of thioether (sulfide) groups is 1. The molecule has 1 aliphatic heterocycles. The normalized spacial score (nSPS) is 17.6. The van der Waals surface area contributed by atoms with Crippen LogP contribution in [0.1, 0.15) is 39.2 Å². The molecule has 2 aliphatic rings. The van der Waals surface area contributed by atoms with E-state index in [-0.39, 0.29) is 21.5 Å². The van der Waals surface area contributed by atoms with Gasteiger partial charge in [0.1, 0.15) is 0 Å². The number of carbonyl (C=O) groups is 1. The molecule has 1 aromatic carbocycles. The van der Waals surface area contributed by atoms with E-state index in [1.807, 2.05) is 4.90 Å². The van der Waals surface area contributed by atoms with Crippen molar-refractivity contribution in [3.63, 3.8) is 0 Å². The van der Waals surface area contributed by atoms with Gasteiger partial charge in [-0.25, -0.2) is 13.1 Å². The fourth-order valence-corrected chi connectivity index (χ4v) is 4.97. The molecule has 3 rings (SSSR count). The van der Waals surface area contributed by atoms with Gasteiger partial charge in [0, 0.05) is 35.2 Å². The zero-order valence-electron chi connectivity index (χ0n) is 15.0. The molecule has 1 N–H and O–H groups in total. The van der Waals surface area contributed by atoms with Gasteiger partial charge >= 0.3 is 0 Å². The molecule has 1 saturated carbocycles. The van der Waals surface area contributed by atoms with Crippen LogP contribution in [-0.2, 0) is 21.2 Å². The number of hydrogen-bond donors (Lipinski definition) is 1. The number of carbonyl (C=O) groups excluding carboxylic acids is 1. The Morgan fingerprint density at radius 2 is 2.04 bits per heavy atom. The van der Waals surface area contributed by atoms with Crippen LogP contribution in [0.4, 0.5) is 5.69 Å². The first-order valence-corrected chi connectivity index (χ1v) is 11.2. The monoisotopic (exact) mass is 382 g/mol. The van der Waals surface area contributed by atoms with Gasteiger partial charge in [-0.3, -0.25) is 4.79 Å². The Bertz CT molecular complexity index is 765. The summed E-state index contributed by atoms with van der Waals surface area (Å²) in [6, 6.07) is 5.10. The quantitative estimate of drug-likeness (QED) is 0.769. The maximum atomic E-state index is 12.5. The van der Waals surface area contributed by atoms with Gasteiger partial charge in [0.2, 0.25) is 15.9 Å². The van der Waals surface area contributed by atoms with Crippen molar-refractivity contribution in [3.05, 3.63) is 23.8 Å². The van der Waals surface area contributed by atoms with E-state index in [4.69, 9.17) is 0 Å². The van der Waals surface area contributed by atoms with Crippen molar-refractivity contribution >= 4 is 33.4 Å². The highest BCUT2D eigenvalue weighted by Gasteiger charge is 2.36. The van der Waals surface area contributed by atoms with E-state index in [0.717, 1.165) is 36.3 Å². The van der Waals surface area contributed by atoms with Gasteiger partial charge in [-0.15, -0.1) is 0 Å². The van der Waals surface area contributed by atoms with Crippen molar-refractivity contribution in [1.82, 2.24) is 4.72 Å². The summed E-state index contributed by atoms with van der Waals surface area (Å²) in [5, 5.41) is 0. The largest absolute Gasteiger partial charge is 0.312 e. The molecule has 1 aromatic rings. The summed E-state index contributed by atoms with van der Waals surface area (Å²) in [5.41, 5.74) is 1.82. The molecule has 0 unspecified atom stereocenters. The molecule has 138 valence electrons. The maximum Gasteiger partial charge on any atom is 0.240 e. The standard InChI is InChI=1S/C18H26N2O3S2/c1-18(2,3)24-11-9-19-25(22,23)15-6-7-16-14(12-15)8-10-20(16)17(21)13-4-5-13/h6-7,12-13,19H,4-5,8-11H2,1-3H3. The van der Waals surface area contributed by atoms with Crippen molar-refractivity contribution in [1.29, 1.82) is 0 Å². The summed E-state index contributed by atoms with van der Waals surface area (Å²) in [5.74, 6) is 1.10. The second-order valence-corrected chi connectivity index (χ2v) is 11.4. The molecule has 0 spiro atoms. The third kappa shape index (κ3) is 4.57. The molecule has 1 fully saturated rings. The van der Waals surface area contributed by atoms with Crippen molar-refractivity contribution in [2.45, 2.75) is 49.7 Å². The molecule has 0 aromatic heterocycles. The highest BCUT2D eigenvalue weighted by molar-refractivity contribution is 8.00. The molecule has 0 atom stereocenters. The minimum Gasteiger partial charge on any atom is -0.312 e. The van der Waals surface area contributed by atoms with E-state index >= 15 is 0 Å². The van der Waals surface area contributed by atoms with E-state index < -0.39 is 10.0 Å². The highest BCUT2D eigenvalue weighted by Crippen LogP contribution is 2.37. The average molecular weight is 383 g/mol. The van der Waals surface area contributed by atoms with Crippen molar-refractivity contribution in [3.8, 4) is 0 Å². The molecule has 1 aliphatic carbocycles. The molecule has 0 radical (unpaired) electrons. The smallest absolute Gasteiger partial charge is 0.240 e. The second kappa shape index (κ2) is 6.93. The van der Waals surface area contributed by atoms with Gasteiger partial charge in [0.15, 0.2) is 0 Å². The first kappa shape index (κ1) is 18.7. The number of nitrogens with one attached hydrogen (secondary N) is 1. The highest BCUT2D eigenvalue weighted by atomic mass is 32.2. The number of fused-ring (bicyclic) bond motifs is 1. The van der Waals surface area contributed by atoms with E-state index in [9.17, 15) is 13.2 Å². The van der Waals surface area contributed by atoms with Gasteiger partial charge in [-0.2, -0.15) is 11.8 Å². The van der Waals surface area contributed by atoms with Crippen LogP contribution in [0.3, 0.4) is 0 Å². The molecule has 1 heterocycles. The Hall–Kier alpha value is -1.05. The number of benzene rings is 1. The van der Waals surface area contributed by atoms with Crippen molar-refractivity contribution in [2.75, 3.05) is 23.7 Å². The van der Waals surface area contributed by atoms with Crippen LogP contribution in [-0.4, -0.2) is 37.9 Å². The number of rotatable bonds is 6. The summed E-state index contributed by atoms with van der Waals surface area (Å²) in [6.07, 6.45) is 2.68. The van der Waals surface area contributed by atoms with Gasteiger partial charge < -0.3 is 4.90 Å². The fraction of sp³-hybridized carbons (Fsp3) is 0.611. The zero-order valence-corrected chi connectivity index (χ0v) is 16.7. The van der Waals surface area contributed by atoms with Crippen LogP contribution in [0.25, 0.3) is 0 Å². The third-order valence-corrected chi connectivity index (χ3v) is 7.11. The van der Waals surface area contributed by atoms with E-state index in [1.165, 1.54) is 0 Å². The molecule has 7 heteroatoms. The SMILES string of the molecule is CC(C)(C)SCCNS(=O)(=O)c1ccc2c(c1)CCN2C(=O)C1CC1. The Balaban J connectivity index is 1.66. The van der Waals surface area contributed by atoms with Crippen LogP contribution in [0.15, 0.2) is 23.1 Å². The lowest BCUT2D eigenvalue weighted by Crippen LogP contribution is -2.30. The van der Waals surface area contributed by atoms with E-state index in [0.29, 0.717) is 13.1 Å². The van der Waals surface area contributed by atoms with Crippen LogP contribution in [0.2, 0.25) is 0 Å². The summed E-state index contributed by atoms with van der Waals surface area (Å²) in [7, 11) is -3.51. The first-order chi connectivity index (χ1) is 11.7. The van der Waals surface area contributed by atoms with Crippen LogP contribution in [0, 0.1) is 5.92 Å². The number of sulfonamides is 1. The Morgan fingerprint density at radius 1 is 1.32 bits per heavy atom. The summed E-state index contributed by atoms with van der Waals surface area (Å²) < 4.78 is 27.8. The lowest BCUT2D eigenvalue weighted by molar-refractivity contribution is -0.119. The topological polar surface area (TPSA) is 66.5 Å². The lowest BCUT2D eigenvalue weighted by atomic mass is 10.2. The molecule has 25 heavy (non-hydrogen) atoms. The summed E-state index contributed by atoms with van der Waals surface area (Å²) in [4.78, 5) is 14.4. The van der Waals surface area contributed by atoms with Crippen LogP contribution in [0.5, 0.6) is 0 Å². The first-order valence-electron chi connectivity index (χ1n) is 8.75. The zero-order chi connectivity index (χ0) is 18.2. The number of nitrogens with zero attached hydrogens (tertiary/aromatic N) is 1. The van der Waals surface area contributed by atoms with Gasteiger partial charge in [0.25, 0.3) is 0 Å². The molecular weight excluding hydrogens is 356 g/mol. The minimum atomic E-state index is -3.51. The third-order valence-electron chi connectivity index (χ3n) is 4.38. The maximum absolute atomic E-state index is 12.5. The predicted molar refractivity (Wildman–Crippen MR) is 103 cm³/mol. The van der Waals surface area contributed by atoms with Crippen LogP contribution >= 0.6 is 11.8 Å².